The number of aliphatic hydroxyl groups excluding tert-OH is 1. The van der Waals surface area contributed by atoms with Gasteiger partial charge >= 0.3 is 0 Å². The van der Waals surface area contributed by atoms with Crippen LogP contribution in [0.4, 0.5) is 0 Å². The molecule has 1 unspecified atom stereocenters. The fourth-order valence-corrected chi connectivity index (χ4v) is 2.77. The number of amides is 1. The highest BCUT2D eigenvalue weighted by atomic mass is 16.3. The number of nitrogens with one attached hydrogen (secondary N) is 1. The van der Waals surface area contributed by atoms with Crippen molar-refractivity contribution in [1.29, 1.82) is 0 Å². The van der Waals surface area contributed by atoms with Crippen molar-refractivity contribution in [2.75, 3.05) is 6.54 Å². The molecular weight excluding hydrogens is 242 g/mol. The maximum atomic E-state index is 12.1. The lowest BCUT2D eigenvalue weighted by atomic mass is 10.0. The zero-order valence-corrected chi connectivity index (χ0v) is 11.7. The summed E-state index contributed by atoms with van der Waals surface area (Å²) >= 11 is 0. The van der Waals surface area contributed by atoms with E-state index in [0.717, 1.165) is 18.5 Å². The Labute approximate surface area is 114 Å². The second-order valence-electron chi connectivity index (χ2n) is 5.31. The van der Waals surface area contributed by atoms with Gasteiger partial charge in [0.2, 0.25) is 0 Å². The maximum Gasteiger partial charge on any atom is 0.269 e. The molecule has 1 aromatic heterocycles. The van der Waals surface area contributed by atoms with Crippen molar-refractivity contribution in [3.8, 4) is 0 Å². The molecular formula is C14H23N3O2. The Bertz CT molecular complexity index is 436. The molecule has 1 fully saturated rings. The zero-order valence-electron chi connectivity index (χ0n) is 11.7. The normalized spacial score (nSPS) is 17.6. The first-order valence-electron chi connectivity index (χ1n) is 7.12. The Morgan fingerprint density at radius 2 is 2.26 bits per heavy atom. The molecule has 0 spiro atoms. The Balaban J connectivity index is 1.89. The Morgan fingerprint density at radius 3 is 2.89 bits per heavy atom. The Morgan fingerprint density at radius 1 is 1.58 bits per heavy atom. The SMILES string of the molecule is CCn1nc(C)cc1C(=O)NCC(O)C1CCCC1. The Kier molecular flexibility index (Phi) is 4.58. The van der Waals surface area contributed by atoms with Crippen LogP contribution in [0.25, 0.3) is 0 Å². The maximum absolute atomic E-state index is 12.1. The summed E-state index contributed by atoms with van der Waals surface area (Å²) in [6.45, 7) is 4.83. The standard InChI is InChI=1S/C14H23N3O2/c1-3-17-12(8-10(2)16-17)14(19)15-9-13(18)11-6-4-5-7-11/h8,11,13,18H,3-7,9H2,1-2H3,(H,15,19). The van der Waals surface area contributed by atoms with Crippen LogP contribution >= 0.6 is 0 Å². The van der Waals surface area contributed by atoms with Crippen LogP contribution in [-0.2, 0) is 6.54 Å². The first-order chi connectivity index (χ1) is 9.11. The van der Waals surface area contributed by atoms with E-state index >= 15 is 0 Å². The van der Waals surface area contributed by atoms with E-state index in [1.165, 1.54) is 12.8 Å². The molecule has 0 aromatic carbocycles. The van der Waals surface area contributed by atoms with Gasteiger partial charge in [0.1, 0.15) is 5.69 Å². The number of hydrogen-bond donors (Lipinski definition) is 2. The number of aromatic nitrogens is 2. The highest BCUT2D eigenvalue weighted by molar-refractivity contribution is 5.92. The molecule has 1 saturated carbocycles. The summed E-state index contributed by atoms with van der Waals surface area (Å²) in [6, 6.07) is 1.78. The second-order valence-corrected chi connectivity index (χ2v) is 5.31. The third-order valence-corrected chi connectivity index (χ3v) is 3.85. The van der Waals surface area contributed by atoms with Crippen molar-refractivity contribution in [2.45, 2.75) is 52.2 Å². The van der Waals surface area contributed by atoms with Crippen molar-refractivity contribution < 1.29 is 9.90 Å². The van der Waals surface area contributed by atoms with Crippen LogP contribution in [0.5, 0.6) is 0 Å². The molecule has 2 N–H and O–H groups in total. The molecule has 0 bridgehead atoms. The van der Waals surface area contributed by atoms with Gasteiger partial charge in [0.05, 0.1) is 11.8 Å². The largest absolute Gasteiger partial charge is 0.391 e. The average Bonchev–Trinajstić information content (AvgIpc) is 3.04. The Hall–Kier alpha value is -1.36. The van der Waals surface area contributed by atoms with E-state index in [4.69, 9.17) is 0 Å². The van der Waals surface area contributed by atoms with Crippen LogP contribution < -0.4 is 5.32 Å². The number of carbonyl (C=O) groups is 1. The molecule has 1 aromatic rings. The van der Waals surface area contributed by atoms with Gasteiger partial charge in [-0.3, -0.25) is 9.48 Å². The fraction of sp³-hybridized carbons (Fsp3) is 0.714. The number of aryl methyl sites for hydroxylation is 2. The highest BCUT2D eigenvalue weighted by Gasteiger charge is 2.24. The van der Waals surface area contributed by atoms with E-state index in [2.05, 4.69) is 10.4 Å². The lowest BCUT2D eigenvalue weighted by Crippen LogP contribution is -2.36. The zero-order chi connectivity index (χ0) is 13.8. The number of nitrogens with zero attached hydrogens (tertiary/aromatic N) is 2. The van der Waals surface area contributed by atoms with Gasteiger partial charge in [-0.15, -0.1) is 0 Å². The summed E-state index contributed by atoms with van der Waals surface area (Å²) in [5, 5.41) is 17.1. The molecule has 1 aliphatic rings. The molecule has 1 atom stereocenters. The van der Waals surface area contributed by atoms with E-state index in [0.29, 0.717) is 24.7 Å². The first kappa shape index (κ1) is 14.1. The minimum absolute atomic E-state index is 0.153. The quantitative estimate of drug-likeness (QED) is 0.847. The molecule has 1 amide bonds. The lowest BCUT2D eigenvalue weighted by Gasteiger charge is -2.18. The topological polar surface area (TPSA) is 67.2 Å². The monoisotopic (exact) mass is 265 g/mol. The summed E-state index contributed by atoms with van der Waals surface area (Å²) in [4.78, 5) is 12.1. The molecule has 5 heteroatoms. The van der Waals surface area contributed by atoms with Gasteiger partial charge in [-0.1, -0.05) is 12.8 Å². The van der Waals surface area contributed by atoms with Crippen LogP contribution in [0.2, 0.25) is 0 Å². The molecule has 5 nitrogen and oxygen atoms in total. The van der Waals surface area contributed by atoms with Gasteiger partial charge in [0.25, 0.3) is 5.91 Å². The smallest absolute Gasteiger partial charge is 0.269 e. The van der Waals surface area contributed by atoms with Crippen molar-refractivity contribution in [3.05, 3.63) is 17.5 Å². The van der Waals surface area contributed by atoms with E-state index in [-0.39, 0.29) is 5.91 Å². The van der Waals surface area contributed by atoms with Crippen molar-refractivity contribution in [1.82, 2.24) is 15.1 Å². The molecule has 1 aliphatic carbocycles. The van der Waals surface area contributed by atoms with Gasteiger partial charge in [-0.05, 0) is 38.7 Å². The molecule has 0 aliphatic heterocycles. The molecule has 2 rings (SSSR count). The van der Waals surface area contributed by atoms with Gasteiger partial charge in [0.15, 0.2) is 0 Å². The minimum atomic E-state index is -0.425. The van der Waals surface area contributed by atoms with E-state index in [9.17, 15) is 9.90 Å². The van der Waals surface area contributed by atoms with Crippen LogP contribution in [0.3, 0.4) is 0 Å². The summed E-state index contributed by atoms with van der Waals surface area (Å²) in [7, 11) is 0. The van der Waals surface area contributed by atoms with Crippen LogP contribution in [-0.4, -0.2) is 33.4 Å². The predicted octanol–water partition coefficient (Wildman–Crippen LogP) is 1.49. The predicted molar refractivity (Wildman–Crippen MR) is 72.9 cm³/mol. The van der Waals surface area contributed by atoms with Crippen molar-refractivity contribution in [3.63, 3.8) is 0 Å². The first-order valence-corrected chi connectivity index (χ1v) is 7.12. The average molecular weight is 265 g/mol. The molecule has 19 heavy (non-hydrogen) atoms. The summed E-state index contributed by atoms with van der Waals surface area (Å²) < 4.78 is 1.69. The highest BCUT2D eigenvalue weighted by Crippen LogP contribution is 2.27. The van der Waals surface area contributed by atoms with Gasteiger partial charge < -0.3 is 10.4 Å². The second kappa shape index (κ2) is 6.19. The van der Waals surface area contributed by atoms with E-state index < -0.39 is 6.10 Å². The van der Waals surface area contributed by atoms with Crippen LogP contribution in [0, 0.1) is 12.8 Å². The number of hydrogen-bond acceptors (Lipinski definition) is 3. The van der Waals surface area contributed by atoms with Crippen LogP contribution in [0.15, 0.2) is 6.07 Å². The summed E-state index contributed by atoms with van der Waals surface area (Å²) in [5.41, 5.74) is 1.40. The summed E-state index contributed by atoms with van der Waals surface area (Å²) in [5.74, 6) is 0.192. The number of carbonyl (C=O) groups excluding carboxylic acids is 1. The van der Waals surface area contributed by atoms with Gasteiger partial charge in [-0.2, -0.15) is 5.10 Å². The third kappa shape index (κ3) is 3.35. The number of rotatable bonds is 5. The van der Waals surface area contributed by atoms with Crippen molar-refractivity contribution in [2.24, 2.45) is 5.92 Å². The van der Waals surface area contributed by atoms with E-state index in [1.807, 2.05) is 13.8 Å². The van der Waals surface area contributed by atoms with Crippen molar-refractivity contribution >= 4 is 5.91 Å². The van der Waals surface area contributed by atoms with Gasteiger partial charge in [0, 0.05) is 13.1 Å². The third-order valence-electron chi connectivity index (χ3n) is 3.85. The summed E-state index contributed by atoms with van der Waals surface area (Å²) in [6.07, 6.45) is 4.10. The van der Waals surface area contributed by atoms with Gasteiger partial charge in [-0.25, -0.2) is 0 Å². The molecule has 0 radical (unpaired) electrons. The number of aliphatic hydroxyl groups is 1. The van der Waals surface area contributed by atoms with Crippen LogP contribution in [0.1, 0.15) is 48.8 Å². The minimum Gasteiger partial charge on any atom is -0.391 e. The van der Waals surface area contributed by atoms with E-state index in [1.54, 1.807) is 10.7 Å². The molecule has 1 heterocycles. The molecule has 106 valence electrons. The lowest BCUT2D eigenvalue weighted by molar-refractivity contribution is 0.0832. The fourth-order valence-electron chi connectivity index (χ4n) is 2.77. The molecule has 0 saturated heterocycles.